The van der Waals surface area contributed by atoms with E-state index in [-0.39, 0.29) is 5.83 Å². The largest absolute Gasteiger partial charge is 0.207 e. The fraction of sp³-hybridized carbons (Fsp3) is 0.600. The van der Waals surface area contributed by atoms with Gasteiger partial charge in [0.2, 0.25) is 0 Å². The summed E-state index contributed by atoms with van der Waals surface area (Å²) >= 11 is 0. The van der Waals surface area contributed by atoms with Gasteiger partial charge in [-0.3, -0.25) is 0 Å². The Morgan fingerprint density at radius 2 is 2.18 bits per heavy atom. The highest BCUT2D eigenvalue weighted by atomic mass is 19.1. The zero-order valence-electron chi connectivity index (χ0n) is 7.28. The van der Waals surface area contributed by atoms with Crippen LogP contribution in [0.5, 0.6) is 0 Å². The Bertz CT molecular complexity index is 195. The van der Waals surface area contributed by atoms with E-state index < -0.39 is 0 Å². The first kappa shape index (κ1) is 8.51. The average Bonchev–Trinajstić information content (AvgIpc) is 1.98. The van der Waals surface area contributed by atoms with E-state index in [1.165, 1.54) is 5.57 Å². The van der Waals surface area contributed by atoms with E-state index in [0.29, 0.717) is 0 Å². The summed E-state index contributed by atoms with van der Waals surface area (Å²) in [6, 6.07) is 0. The molecule has 1 rings (SSSR count). The lowest BCUT2D eigenvalue weighted by Crippen LogP contribution is -1.94. The van der Waals surface area contributed by atoms with Gasteiger partial charge in [-0.15, -0.1) is 0 Å². The fourth-order valence-electron chi connectivity index (χ4n) is 1.36. The van der Waals surface area contributed by atoms with Crippen molar-refractivity contribution in [1.82, 2.24) is 0 Å². The maximum Gasteiger partial charge on any atom is 0.122 e. The van der Waals surface area contributed by atoms with Crippen molar-refractivity contribution in [2.24, 2.45) is 0 Å². The lowest BCUT2D eigenvalue weighted by molar-refractivity contribution is 0.623. The van der Waals surface area contributed by atoms with Gasteiger partial charge in [0.05, 0.1) is 0 Å². The van der Waals surface area contributed by atoms with Crippen LogP contribution >= 0.6 is 0 Å². The molecule has 0 atom stereocenters. The summed E-state index contributed by atoms with van der Waals surface area (Å²) in [7, 11) is 0. The molecule has 0 amide bonds. The van der Waals surface area contributed by atoms with Crippen LogP contribution in [0.1, 0.15) is 39.5 Å². The van der Waals surface area contributed by atoms with Crippen LogP contribution in [0.2, 0.25) is 0 Å². The summed E-state index contributed by atoms with van der Waals surface area (Å²) < 4.78 is 13.0. The number of allylic oxidation sites excluding steroid dienone is 4. The maximum atomic E-state index is 13.0. The lowest BCUT2D eigenvalue weighted by Gasteiger charge is -2.12. The molecule has 0 N–H and O–H groups in total. The van der Waals surface area contributed by atoms with Crippen molar-refractivity contribution in [3.05, 3.63) is 23.0 Å². The highest BCUT2D eigenvalue weighted by Crippen LogP contribution is 2.26. The number of rotatable bonds is 2. The molecule has 0 saturated heterocycles. The molecule has 0 aliphatic heterocycles. The number of hydrogen-bond acceptors (Lipinski definition) is 0. The first-order valence-corrected chi connectivity index (χ1v) is 4.28. The van der Waals surface area contributed by atoms with Gasteiger partial charge in [-0.05, 0) is 37.8 Å². The minimum atomic E-state index is -0.000278. The van der Waals surface area contributed by atoms with E-state index in [1.54, 1.807) is 6.08 Å². The first-order valence-electron chi connectivity index (χ1n) is 4.28. The number of halogens is 1. The monoisotopic (exact) mass is 154 g/mol. The van der Waals surface area contributed by atoms with Gasteiger partial charge in [-0.1, -0.05) is 18.9 Å². The maximum absolute atomic E-state index is 13.0. The van der Waals surface area contributed by atoms with Crippen molar-refractivity contribution in [2.45, 2.75) is 39.5 Å². The Morgan fingerprint density at radius 1 is 1.45 bits per heavy atom. The third-order valence-corrected chi connectivity index (χ3v) is 2.13. The molecule has 1 heteroatoms. The van der Waals surface area contributed by atoms with Crippen molar-refractivity contribution in [1.29, 1.82) is 0 Å². The van der Waals surface area contributed by atoms with E-state index in [0.717, 1.165) is 31.3 Å². The topological polar surface area (TPSA) is 0 Å². The summed E-state index contributed by atoms with van der Waals surface area (Å²) in [6.07, 6.45) is 5.87. The molecule has 0 saturated carbocycles. The van der Waals surface area contributed by atoms with Gasteiger partial charge in [-0.2, -0.15) is 0 Å². The molecule has 0 aromatic carbocycles. The zero-order valence-corrected chi connectivity index (χ0v) is 7.28. The molecule has 62 valence electrons. The second kappa shape index (κ2) is 3.70. The van der Waals surface area contributed by atoms with E-state index in [1.807, 2.05) is 6.92 Å². The van der Waals surface area contributed by atoms with Crippen molar-refractivity contribution < 1.29 is 4.39 Å². The van der Waals surface area contributed by atoms with Crippen LogP contribution in [0.3, 0.4) is 0 Å². The molecule has 0 spiro atoms. The van der Waals surface area contributed by atoms with Crippen LogP contribution in [0.25, 0.3) is 0 Å². The predicted octanol–water partition coefficient (Wildman–Crippen LogP) is 3.75. The predicted molar refractivity (Wildman–Crippen MR) is 46.0 cm³/mol. The second-order valence-electron chi connectivity index (χ2n) is 3.18. The van der Waals surface area contributed by atoms with Gasteiger partial charge in [0, 0.05) is 0 Å². The summed E-state index contributed by atoms with van der Waals surface area (Å²) in [5.41, 5.74) is 2.18. The van der Waals surface area contributed by atoms with E-state index >= 15 is 0 Å². The number of hydrogen-bond donors (Lipinski definition) is 0. The molecular formula is C10H15F. The fourth-order valence-corrected chi connectivity index (χ4v) is 1.36. The van der Waals surface area contributed by atoms with Gasteiger partial charge < -0.3 is 0 Å². The molecule has 0 radical (unpaired) electrons. The van der Waals surface area contributed by atoms with Gasteiger partial charge in [0.15, 0.2) is 0 Å². The van der Waals surface area contributed by atoms with E-state index in [9.17, 15) is 4.39 Å². The molecule has 0 bridgehead atoms. The van der Waals surface area contributed by atoms with Crippen molar-refractivity contribution in [3.63, 3.8) is 0 Å². The third-order valence-electron chi connectivity index (χ3n) is 2.13. The Morgan fingerprint density at radius 3 is 2.73 bits per heavy atom. The van der Waals surface area contributed by atoms with E-state index in [4.69, 9.17) is 0 Å². The SMILES string of the molecule is CCCC1=CC(F)=C(C)CC1. The van der Waals surface area contributed by atoms with Crippen LogP contribution in [0, 0.1) is 0 Å². The Kier molecular flexibility index (Phi) is 2.86. The normalized spacial score (nSPS) is 18.6. The van der Waals surface area contributed by atoms with Gasteiger partial charge in [0.1, 0.15) is 5.83 Å². The van der Waals surface area contributed by atoms with Crippen molar-refractivity contribution in [2.75, 3.05) is 0 Å². The average molecular weight is 154 g/mol. The molecule has 0 unspecified atom stereocenters. The van der Waals surface area contributed by atoms with Crippen LogP contribution in [0.15, 0.2) is 23.0 Å². The Labute approximate surface area is 67.8 Å². The Balaban J connectivity index is 2.64. The zero-order chi connectivity index (χ0) is 8.27. The quantitative estimate of drug-likeness (QED) is 0.568. The molecule has 1 aliphatic rings. The summed E-state index contributed by atoms with van der Waals surface area (Å²) in [6.45, 7) is 4.00. The molecule has 1 aliphatic carbocycles. The highest BCUT2D eigenvalue weighted by molar-refractivity contribution is 5.27. The van der Waals surface area contributed by atoms with Crippen molar-refractivity contribution >= 4 is 0 Å². The van der Waals surface area contributed by atoms with Crippen LogP contribution in [-0.2, 0) is 0 Å². The van der Waals surface area contributed by atoms with Crippen molar-refractivity contribution in [3.8, 4) is 0 Å². The van der Waals surface area contributed by atoms with E-state index in [2.05, 4.69) is 6.92 Å². The molecule has 0 heterocycles. The molecular weight excluding hydrogens is 139 g/mol. The highest BCUT2D eigenvalue weighted by Gasteiger charge is 2.08. The molecule has 11 heavy (non-hydrogen) atoms. The van der Waals surface area contributed by atoms with Crippen LogP contribution in [-0.4, -0.2) is 0 Å². The minimum Gasteiger partial charge on any atom is -0.207 e. The molecule has 0 fully saturated rings. The van der Waals surface area contributed by atoms with Gasteiger partial charge in [-0.25, -0.2) is 4.39 Å². The standard InChI is InChI=1S/C10H15F/c1-3-4-9-6-5-8(2)10(11)7-9/h7H,3-6H2,1-2H3. The summed E-state index contributed by atoms with van der Waals surface area (Å²) in [5, 5.41) is 0. The summed E-state index contributed by atoms with van der Waals surface area (Å²) in [5.74, 6) is -0.000278. The minimum absolute atomic E-state index is 0.000278. The third kappa shape index (κ3) is 2.18. The Hall–Kier alpha value is -0.590. The van der Waals surface area contributed by atoms with Crippen LogP contribution in [0.4, 0.5) is 4.39 Å². The van der Waals surface area contributed by atoms with Gasteiger partial charge in [0.25, 0.3) is 0 Å². The molecule has 0 nitrogen and oxygen atoms in total. The smallest absolute Gasteiger partial charge is 0.122 e. The van der Waals surface area contributed by atoms with Crippen LogP contribution < -0.4 is 0 Å². The van der Waals surface area contributed by atoms with Gasteiger partial charge >= 0.3 is 0 Å². The lowest BCUT2D eigenvalue weighted by atomic mass is 9.96. The first-order chi connectivity index (χ1) is 5.24. The second-order valence-corrected chi connectivity index (χ2v) is 3.18. The molecule has 0 aromatic heterocycles. The summed E-state index contributed by atoms with van der Waals surface area (Å²) in [4.78, 5) is 0. The molecule has 0 aromatic rings.